The number of rotatable bonds is 32. The fourth-order valence-corrected chi connectivity index (χ4v) is 5.32. The summed E-state index contributed by atoms with van der Waals surface area (Å²) in [4.78, 5) is 14.3. The van der Waals surface area contributed by atoms with E-state index in [0.717, 1.165) is 39.0 Å². The molecular weight excluding hydrogens is 546 g/mol. The molecule has 0 radical (unpaired) electrons. The van der Waals surface area contributed by atoms with Gasteiger partial charge in [-0.3, -0.25) is 4.79 Å². The van der Waals surface area contributed by atoms with E-state index in [1.165, 1.54) is 89.9 Å². The van der Waals surface area contributed by atoms with E-state index in [-0.39, 0.29) is 30.9 Å². The van der Waals surface area contributed by atoms with Crippen molar-refractivity contribution < 1.29 is 33.2 Å². The molecule has 0 bridgehead atoms. The number of unbranched alkanes of at least 4 members (excludes halogenated alkanes) is 14. The second-order valence-corrected chi connectivity index (χ2v) is 12.4. The molecule has 0 aromatic rings. The van der Waals surface area contributed by atoms with E-state index < -0.39 is 0 Å². The highest BCUT2D eigenvalue weighted by Gasteiger charge is 2.39. The van der Waals surface area contributed by atoms with Gasteiger partial charge in [0, 0.05) is 19.6 Å². The van der Waals surface area contributed by atoms with E-state index >= 15 is 0 Å². The predicted molar refractivity (Wildman–Crippen MR) is 175 cm³/mol. The van der Waals surface area contributed by atoms with Crippen molar-refractivity contribution in [3.8, 4) is 0 Å². The lowest BCUT2D eigenvalue weighted by Crippen LogP contribution is -2.39. The minimum absolute atomic E-state index is 0.180. The monoisotopic (exact) mass is 616 g/mol. The van der Waals surface area contributed by atoms with E-state index in [2.05, 4.69) is 18.7 Å². The number of hydrogen-bond acceptors (Lipinski definition) is 8. The fourth-order valence-electron chi connectivity index (χ4n) is 5.32. The molecule has 1 aliphatic heterocycles. The van der Waals surface area contributed by atoms with Gasteiger partial charge < -0.3 is 33.3 Å². The second-order valence-electron chi connectivity index (χ2n) is 12.4. The molecule has 0 spiro atoms. The van der Waals surface area contributed by atoms with Gasteiger partial charge in [0.1, 0.15) is 24.9 Å². The van der Waals surface area contributed by atoms with Crippen molar-refractivity contribution in [3.05, 3.63) is 0 Å². The highest BCUT2D eigenvalue weighted by Crippen LogP contribution is 2.22. The lowest BCUT2D eigenvalue weighted by atomic mass is 10.1. The molecule has 256 valence electrons. The molecule has 8 heteroatoms. The summed E-state index contributed by atoms with van der Waals surface area (Å²) in [7, 11) is 4.00. The van der Waals surface area contributed by atoms with Crippen LogP contribution in [0.2, 0.25) is 0 Å². The molecule has 1 rings (SSSR count). The number of nitrogens with zero attached hydrogens (tertiary/aromatic N) is 1. The van der Waals surface area contributed by atoms with E-state index in [9.17, 15) is 4.79 Å². The van der Waals surface area contributed by atoms with E-state index in [1.807, 2.05) is 14.1 Å². The van der Waals surface area contributed by atoms with Gasteiger partial charge in [-0.25, -0.2) is 0 Å². The van der Waals surface area contributed by atoms with Crippen molar-refractivity contribution in [2.75, 3.05) is 73.5 Å². The highest BCUT2D eigenvalue weighted by molar-refractivity contribution is 5.69. The van der Waals surface area contributed by atoms with Crippen LogP contribution in [-0.2, 0) is 33.2 Å². The third kappa shape index (κ3) is 24.2. The highest BCUT2D eigenvalue weighted by atomic mass is 16.6. The molecule has 0 N–H and O–H groups in total. The van der Waals surface area contributed by atoms with E-state index in [0.29, 0.717) is 39.5 Å². The molecule has 8 nitrogen and oxygen atoms in total. The molecule has 0 aromatic heterocycles. The molecule has 0 unspecified atom stereocenters. The zero-order valence-electron chi connectivity index (χ0n) is 28.6. The molecule has 1 saturated heterocycles. The number of hydrogen-bond donors (Lipinski definition) is 0. The second kappa shape index (κ2) is 29.9. The first-order chi connectivity index (χ1) is 21.1. The molecule has 43 heavy (non-hydrogen) atoms. The van der Waals surface area contributed by atoms with Gasteiger partial charge in [-0.2, -0.15) is 0 Å². The summed E-state index contributed by atoms with van der Waals surface area (Å²) in [6.07, 6.45) is 21.0. The number of carbonyl (C=O) groups excluding carboxylic acids is 1. The average Bonchev–Trinajstić information content (AvgIpc) is 3.38. The first-order valence-electron chi connectivity index (χ1n) is 17.9. The number of carbonyl (C=O) groups is 1. The summed E-state index contributed by atoms with van der Waals surface area (Å²) >= 11 is 0. The van der Waals surface area contributed by atoms with Gasteiger partial charge in [0.05, 0.1) is 33.0 Å². The summed E-state index contributed by atoms with van der Waals surface area (Å²) in [5.74, 6) is -0.198. The van der Waals surface area contributed by atoms with Crippen LogP contribution in [-0.4, -0.2) is 103 Å². The summed E-state index contributed by atoms with van der Waals surface area (Å²) in [5, 5.41) is 0. The normalized spacial score (nSPS) is 18.6. The van der Waals surface area contributed by atoms with Crippen molar-refractivity contribution in [2.45, 2.75) is 148 Å². The lowest BCUT2D eigenvalue weighted by molar-refractivity contribution is -0.150. The van der Waals surface area contributed by atoms with Gasteiger partial charge >= 0.3 is 5.97 Å². The van der Waals surface area contributed by atoms with Crippen LogP contribution in [0.3, 0.4) is 0 Å². The van der Waals surface area contributed by atoms with E-state index in [1.54, 1.807) is 0 Å². The first kappa shape index (κ1) is 40.3. The van der Waals surface area contributed by atoms with Gasteiger partial charge in [0.25, 0.3) is 0 Å². The topological polar surface area (TPSA) is 75.7 Å². The average molecular weight is 616 g/mol. The summed E-state index contributed by atoms with van der Waals surface area (Å²) in [6.45, 7) is 9.58. The van der Waals surface area contributed by atoms with Crippen LogP contribution in [0.5, 0.6) is 0 Å². The molecule has 0 saturated carbocycles. The van der Waals surface area contributed by atoms with Gasteiger partial charge in [-0.1, -0.05) is 104 Å². The van der Waals surface area contributed by atoms with Crippen LogP contribution in [0.25, 0.3) is 0 Å². The SMILES string of the molecule is CCCCCCCCCCOCCO[C@@H]1[C@@H](OCCOCCCCCCCCCC)CO[C@@H]1COC(=O)CCCN(C)C. The van der Waals surface area contributed by atoms with Gasteiger partial charge in [-0.15, -0.1) is 0 Å². The third-order valence-electron chi connectivity index (χ3n) is 7.98. The third-order valence-corrected chi connectivity index (χ3v) is 7.98. The van der Waals surface area contributed by atoms with Crippen LogP contribution >= 0.6 is 0 Å². The molecule has 0 aliphatic carbocycles. The van der Waals surface area contributed by atoms with Gasteiger partial charge in [0.15, 0.2) is 0 Å². The Balaban J connectivity index is 2.27. The van der Waals surface area contributed by atoms with Crippen LogP contribution in [0.1, 0.15) is 129 Å². The number of esters is 1. The Bertz CT molecular complexity index is 607. The standard InChI is InChI=1S/C35H69NO7/c1-5-7-9-11-13-15-17-19-24-38-26-28-40-32-30-42-33(31-43-34(37)22-21-23-36(3)4)35(32)41-29-27-39-25-20-18-16-14-12-10-8-6-2/h32-33,35H,5-31H2,1-4H3/t32-,33+,35+/m0/s1. The molecule has 1 heterocycles. The summed E-state index contributed by atoms with van der Waals surface area (Å²) in [5.41, 5.74) is 0. The number of ether oxygens (including phenoxy) is 6. The largest absolute Gasteiger partial charge is 0.463 e. The summed E-state index contributed by atoms with van der Waals surface area (Å²) in [6, 6.07) is 0. The van der Waals surface area contributed by atoms with Crippen LogP contribution in [0.4, 0.5) is 0 Å². The first-order valence-corrected chi connectivity index (χ1v) is 17.9. The Kier molecular flexibility index (Phi) is 28.0. The molecular formula is C35H69NO7. The minimum atomic E-state index is -0.339. The quantitative estimate of drug-likeness (QED) is 0.0574. The maximum absolute atomic E-state index is 12.2. The Morgan fingerprint density at radius 1 is 0.651 bits per heavy atom. The van der Waals surface area contributed by atoms with E-state index in [4.69, 9.17) is 28.4 Å². The molecule has 3 atom stereocenters. The molecule has 0 amide bonds. The van der Waals surface area contributed by atoms with Crippen molar-refractivity contribution in [1.82, 2.24) is 4.90 Å². The van der Waals surface area contributed by atoms with Crippen molar-refractivity contribution >= 4 is 5.97 Å². The Hall–Kier alpha value is -0.770. The lowest BCUT2D eigenvalue weighted by Gasteiger charge is -2.23. The minimum Gasteiger partial charge on any atom is -0.463 e. The van der Waals surface area contributed by atoms with Gasteiger partial charge in [0.2, 0.25) is 0 Å². The van der Waals surface area contributed by atoms with Crippen LogP contribution in [0.15, 0.2) is 0 Å². The maximum Gasteiger partial charge on any atom is 0.305 e. The van der Waals surface area contributed by atoms with Crippen molar-refractivity contribution in [1.29, 1.82) is 0 Å². The molecule has 1 aliphatic rings. The zero-order valence-corrected chi connectivity index (χ0v) is 28.6. The maximum atomic E-state index is 12.2. The molecule has 0 aromatic carbocycles. The Labute approximate surface area is 265 Å². The fraction of sp³-hybridized carbons (Fsp3) is 0.971. The smallest absolute Gasteiger partial charge is 0.305 e. The van der Waals surface area contributed by atoms with Crippen molar-refractivity contribution in [3.63, 3.8) is 0 Å². The predicted octanol–water partition coefficient (Wildman–Crippen LogP) is 7.36. The van der Waals surface area contributed by atoms with Crippen LogP contribution in [0, 0.1) is 0 Å². The van der Waals surface area contributed by atoms with Crippen LogP contribution < -0.4 is 0 Å². The molecule has 1 fully saturated rings. The Morgan fingerprint density at radius 2 is 1.16 bits per heavy atom. The Morgan fingerprint density at radius 3 is 1.70 bits per heavy atom. The van der Waals surface area contributed by atoms with Crippen molar-refractivity contribution in [2.24, 2.45) is 0 Å². The van der Waals surface area contributed by atoms with Gasteiger partial charge in [-0.05, 0) is 39.9 Å². The zero-order chi connectivity index (χ0) is 31.2. The summed E-state index contributed by atoms with van der Waals surface area (Å²) < 4.78 is 35.5.